The monoisotopic (exact) mass is 324 g/mol. The molecule has 2 heterocycles. The van der Waals surface area contributed by atoms with Gasteiger partial charge in [-0.3, -0.25) is 14.5 Å². The molecule has 6 heteroatoms. The van der Waals surface area contributed by atoms with Crippen LogP contribution in [0, 0.1) is 0 Å². The van der Waals surface area contributed by atoms with E-state index in [-0.39, 0.29) is 11.8 Å². The molecule has 2 aliphatic rings. The van der Waals surface area contributed by atoms with E-state index in [1.54, 1.807) is 0 Å². The van der Waals surface area contributed by atoms with Gasteiger partial charge in [0.1, 0.15) is 0 Å². The first kappa shape index (κ1) is 18.2. The molecule has 2 fully saturated rings. The van der Waals surface area contributed by atoms with E-state index in [0.717, 1.165) is 58.7 Å². The van der Waals surface area contributed by atoms with Gasteiger partial charge in [-0.15, -0.1) is 0 Å². The van der Waals surface area contributed by atoms with Gasteiger partial charge >= 0.3 is 0 Å². The normalized spacial score (nSPS) is 22.9. The third kappa shape index (κ3) is 5.46. The van der Waals surface area contributed by atoms with Crippen LogP contribution >= 0.6 is 0 Å². The summed E-state index contributed by atoms with van der Waals surface area (Å²) in [5, 5.41) is 3.39. The smallest absolute Gasteiger partial charge is 0.236 e. The van der Waals surface area contributed by atoms with Crippen LogP contribution in [0.4, 0.5) is 0 Å². The fraction of sp³-hybridized carbons (Fsp3) is 0.882. The van der Waals surface area contributed by atoms with Crippen molar-refractivity contribution < 1.29 is 9.59 Å². The van der Waals surface area contributed by atoms with E-state index in [1.165, 1.54) is 6.42 Å². The van der Waals surface area contributed by atoms with Crippen molar-refractivity contribution in [1.82, 2.24) is 20.0 Å². The lowest BCUT2D eigenvalue weighted by atomic mass is 10.1. The van der Waals surface area contributed by atoms with Crippen LogP contribution < -0.4 is 5.32 Å². The fourth-order valence-electron chi connectivity index (χ4n) is 3.52. The van der Waals surface area contributed by atoms with Crippen molar-refractivity contribution in [3.63, 3.8) is 0 Å². The summed E-state index contributed by atoms with van der Waals surface area (Å²) in [6, 6.07) is 0.367. The number of rotatable bonds is 6. The number of hydrogen-bond acceptors (Lipinski definition) is 4. The van der Waals surface area contributed by atoms with Crippen LogP contribution in [0.5, 0.6) is 0 Å². The summed E-state index contributed by atoms with van der Waals surface area (Å²) in [6.45, 7) is 10.4. The van der Waals surface area contributed by atoms with Crippen molar-refractivity contribution in [2.45, 2.75) is 45.6 Å². The molecule has 132 valence electrons. The number of hydrogen-bond donors (Lipinski definition) is 1. The molecule has 0 radical (unpaired) electrons. The van der Waals surface area contributed by atoms with Crippen molar-refractivity contribution >= 4 is 11.8 Å². The predicted octanol–water partition coefficient (Wildman–Crippen LogP) is 0.531. The van der Waals surface area contributed by atoms with Crippen LogP contribution in [-0.2, 0) is 9.59 Å². The zero-order valence-electron chi connectivity index (χ0n) is 14.7. The van der Waals surface area contributed by atoms with Crippen molar-refractivity contribution in [2.75, 3.05) is 52.4 Å². The number of amides is 2. The molecule has 1 N–H and O–H groups in total. The molecule has 1 unspecified atom stereocenters. The standard InChI is InChI=1S/C17H32N4O2/c1-3-20(4-2)17(23)14-19-9-6-10-21(12-11-19)16(22)13-15-7-5-8-18-15/h15,18H,3-14H2,1-2H3. The summed E-state index contributed by atoms with van der Waals surface area (Å²) in [7, 11) is 0. The minimum absolute atomic E-state index is 0.199. The summed E-state index contributed by atoms with van der Waals surface area (Å²) < 4.78 is 0. The minimum atomic E-state index is 0.199. The van der Waals surface area contributed by atoms with E-state index in [4.69, 9.17) is 0 Å². The Morgan fingerprint density at radius 3 is 2.52 bits per heavy atom. The first-order valence-corrected chi connectivity index (χ1v) is 9.15. The van der Waals surface area contributed by atoms with E-state index in [1.807, 2.05) is 23.6 Å². The molecule has 0 aromatic carbocycles. The number of nitrogens with zero attached hydrogens (tertiary/aromatic N) is 3. The van der Waals surface area contributed by atoms with Gasteiger partial charge in [-0.05, 0) is 39.7 Å². The van der Waals surface area contributed by atoms with Crippen LogP contribution in [0.15, 0.2) is 0 Å². The largest absolute Gasteiger partial charge is 0.342 e. The zero-order chi connectivity index (χ0) is 16.7. The summed E-state index contributed by atoms with van der Waals surface area (Å²) in [5.41, 5.74) is 0. The maximum absolute atomic E-state index is 12.4. The van der Waals surface area contributed by atoms with E-state index in [9.17, 15) is 9.59 Å². The van der Waals surface area contributed by atoms with Crippen LogP contribution in [0.1, 0.15) is 39.5 Å². The molecule has 0 spiro atoms. The zero-order valence-corrected chi connectivity index (χ0v) is 14.7. The van der Waals surface area contributed by atoms with Gasteiger partial charge in [0.2, 0.25) is 11.8 Å². The van der Waals surface area contributed by atoms with E-state index in [0.29, 0.717) is 19.0 Å². The Bertz CT molecular complexity index is 392. The maximum Gasteiger partial charge on any atom is 0.236 e. The molecule has 2 saturated heterocycles. The van der Waals surface area contributed by atoms with Crippen molar-refractivity contribution in [1.29, 1.82) is 0 Å². The second kappa shape index (κ2) is 9.23. The Morgan fingerprint density at radius 1 is 1.09 bits per heavy atom. The number of nitrogens with one attached hydrogen (secondary N) is 1. The van der Waals surface area contributed by atoms with Crippen LogP contribution in [-0.4, -0.2) is 84.9 Å². The van der Waals surface area contributed by atoms with Gasteiger partial charge in [-0.1, -0.05) is 0 Å². The lowest BCUT2D eigenvalue weighted by Crippen LogP contribution is -2.42. The summed E-state index contributed by atoms with van der Waals surface area (Å²) in [6.07, 6.45) is 3.87. The van der Waals surface area contributed by atoms with E-state index in [2.05, 4.69) is 10.2 Å². The van der Waals surface area contributed by atoms with Gasteiger partial charge in [0.15, 0.2) is 0 Å². The maximum atomic E-state index is 12.4. The molecule has 0 saturated carbocycles. The Hall–Kier alpha value is -1.14. The second-order valence-corrected chi connectivity index (χ2v) is 6.57. The summed E-state index contributed by atoms with van der Waals surface area (Å²) in [4.78, 5) is 30.7. The molecule has 0 aromatic rings. The molecular formula is C17H32N4O2. The van der Waals surface area contributed by atoms with E-state index < -0.39 is 0 Å². The molecular weight excluding hydrogens is 292 g/mol. The molecule has 2 aliphatic heterocycles. The lowest BCUT2D eigenvalue weighted by Gasteiger charge is -2.25. The van der Waals surface area contributed by atoms with Crippen molar-refractivity contribution in [3.05, 3.63) is 0 Å². The average Bonchev–Trinajstić information content (AvgIpc) is 2.93. The molecule has 0 aliphatic carbocycles. The highest BCUT2D eigenvalue weighted by Crippen LogP contribution is 2.12. The molecule has 2 rings (SSSR count). The molecule has 23 heavy (non-hydrogen) atoms. The Kier molecular flexibility index (Phi) is 7.30. The molecule has 6 nitrogen and oxygen atoms in total. The molecule has 2 amide bonds. The lowest BCUT2D eigenvalue weighted by molar-refractivity contribution is -0.132. The van der Waals surface area contributed by atoms with Crippen LogP contribution in [0.25, 0.3) is 0 Å². The first-order chi connectivity index (χ1) is 11.1. The number of carbonyl (C=O) groups is 2. The Balaban J connectivity index is 1.77. The van der Waals surface area contributed by atoms with Gasteiger partial charge < -0.3 is 15.1 Å². The van der Waals surface area contributed by atoms with Gasteiger partial charge in [-0.2, -0.15) is 0 Å². The van der Waals surface area contributed by atoms with Gasteiger partial charge in [0.25, 0.3) is 0 Å². The highest BCUT2D eigenvalue weighted by atomic mass is 16.2. The van der Waals surface area contributed by atoms with Gasteiger partial charge in [0.05, 0.1) is 6.54 Å². The first-order valence-electron chi connectivity index (χ1n) is 9.15. The average molecular weight is 324 g/mol. The fourth-order valence-corrected chi connectivity index (χ4v) is 3.52. The van der Waals surface area contributed by atoms with E-state index >= 15 is 0 Å². The van der Waals surface area contributed by atoms with Gasteiger partial charge in [0, 0.05) is 51.7 Å². The molecule has 0 bridgehead atoms. The predicted molar refractivity (Wildman–Crippen MR) is 91.2 cm³/mol. The Morgan fingerprint density at radius 2 is 1.87 bits per heavy atom. The third-order valence-corrected chi connectivity index (χ3v) is 5.00. The quantitative estimate of drug-likeness (QED) is 0.774. The second-order valence-electron chi connectivity index (χ2n) is 6.57. The number of carbonyl (C=O) groups excluding carboxylic acids is 2. The SMILES string of the molecule is CCN(CC)C(=O)CN1CCCN(C(=O)CC2CCCN2)CC1. The van der Waals surface area contributed by atoms with Crippen LogP contribution in [0.3, 0.4) is 0 Å². The van der Waals surface area contributed by atoms with Gasteiger partial charge in [-0.25, -0.2) is 0 Å². The molecule has 0 aromatic heterocycles. The highest BCUT2D eigenvalue weighted by molar-refractivity contribution is 5.78. The highest BCUT2D eigenvalue weighted by Gasteiger charge is 2.24. The summed E-state index contributed by atoms with van der Waals surface area (Å²) in [5.74, 6) is 0.464. The molecule has 1 atom stereocenters. The van der Waals surface area contributed by atoms with Crippen molar-refractivity contribution in [3.8, 4) is 0 Å². The van der Waals surface area contributed by atoms with Crippen molar-refractivity contribution in [2.24, 2.45) is 0 Å². The number of likely N-dealkylation sites (N-methyl/N-ethyl adjacent to an activating group) is 1. The third-order valence-electron chi connectivity index (χ3n) is 5.00. The van der Waals surface area contributed by atoms with Crippen LogP contribution in [0.2, 0.25) is 0 Å². The Labute approximate surface area is 140 Å². The minimum Gasteiger partial charge on any atom is -0.342 e. The summed E-state index contributed by atoms with van der Waals surface area (Å²) >= 11 is 0. The topological polar surface area (TPSA) is 55.9 Å².